The molecule has 0 bridgehead atoms. The summed E-state index contributed by atoms with van der Waals surface area (Å²) in [6.45, 7) is 5.23. The first-order valence-electron chi connectivity index (χ1n) is 7.17. The van der Waals surface area contributed by atoms with Gasteiger partial charge in [-0.3, -0.25) is 0 Å². The standard InChI is InChI=1S/C14H24N4S/c1-4-7-15-13-9-14(17-12(5-2)16-13)18(3)11-6-8-19-10-11/h9,11H,4-8,10H2,1-3H3,(H,15,16,17). The van der Waals surface area contributed by atoms with Gasteiger partial charge in [-0.25, -0.2) is 9.97 Å². The van der Waals surface area contributed by atoms with E-state index in [1.165, 1.54) is 17.9 Å². The van der Waals surface area contributed by atoms with Crippen molar-refractivity contribution in [1.82, 2.24) is 9.97 Å². The number of thioether (sulfide) groups is 1. The van der Waals surface area contributed by atoms with E-state index < -0.39 is 0 Å². The zero-order valence-electron chi connectivity index (χ0n) is 12.1. The monoisotopic (exact) mass is 280 g/mol. The molecule has 1 N–H and O–H groups in total. The summed E-state index contributed by atoms with van der Waals surface area (Å²) in [5.74, 6) is 5.41. The minimum Gasteiger partial charge on any atom is -0.370 e. The van der Waals surface area contributed by atoms with E-state index in [2.05, 4.69) is 47.1 Å². The van der Waals surface area contributed by atoms with Crippen molar-refractivity contribution in [1.29, 1.82) is 0 Å². The fourth-order valence-electron chi connectivity index (χ4n) is 2.18. The van der Waals surface area contributed by atoms with Gasteiger partial charge in [-0.1, -0.05) is 13.8 Å². The van der Waals surface area contributed by atoms with Gasteiger partial charge in [0.15, 0.2) is 0 Å². The van der Waals surface area contributed by atoms with Crippen LogP contribution in [0.5, 0.6) is 0 Å². The Morgan fingerprint density at radius 2 is 2.26 bits per heavy atom. The molecular formula is C14H24N4S. The SMILES string of the molecule is CCCNc1cc(N(C)C2CCSC2)nc(CC)n1. The predicted molar refractivity (Wildman–Crippen MR) is 84.3 cm³/mol. The van der Waals surface area contributed by atoms with Crippen LogP contribution in [0, 0.1) is 0 Å². The Hall–Kier alpha value is -0.970. The molecule has 0 aromatic carbocycles. The van der Waals surface area contributed by atoms with E-state index in [1.54, 1.807) is 0 Å². The van der Waals surface area contributed by atoms with E-state index in [9.17, 15) is 0 Å². The summed E-state index contributed by atoms with van der Waals surface area (Å²) in [6.07, 6.45) is 3.24. The second-order valence-corrected chi connectivity index (χ2v) is 6.09. The highest BCUT2D eigenvalue weighted by Crippen LogP contribution is 2.26. The van der Waals surface area contributed by atoms with Crippen molar-refractivity contribution < 1.29 is 0 Å². The molecular weight excluding hydrogens is 256 g/mol. The molecule has 0 saturated carbocycles. The summed E-state index contributed by atoms with van der Waals surface area (Å²) in [5.41, 5.74) is 0. The normalized spacial score (nSPS) is 18.6. The maximum atomic E-state index is 4.67. The molecule has 1 unspecified atom stereocenters. The van der Waals surface area contributed by atoms with Gasteiger partial charge >= 0.3 is 0 Å². The van der Waals surface area contributed by atoms with Crippen LogP contribution in [0.2, 0.25) is 0 Å². The Morgan fingerprint density at radius 3 is 2.89 bits per heavy atom. The molecule has 1 atom stereocenters. The van der Waals surface area contributed by atoms with Gasteiger partial charge < -0.3 is 10.2 Å². The van der Waals surface area contributed by atoms with Gasteiger partial charge in [0, 0.05) is 37.9 Å². The molecule has 1 aliphatic rings. The topological polar surface area (TPSA) is 41.0 Å². The van der Waals surface area contributed by atoms with E-state index >= 15 is 0 Å². The van der Waals surface area contributed by atoms with Gasteiger partial charge in [-0.15, -0.1) is 0 Å². The number of hydrogen-bond acceptors (Lipinski definition) is 5. The summed E-state index contributed by atoms with van der Waals surface area (Å²) >= 11 is 2.03. The highest BCUT2D eigenvalue weighted by molar-refractivity contribution is 7.99. The van der Waals surface area contributed by atoms with E-state index in [0.29, 0.717) is 6.04 Å². The van der Waals surface area contributed by atoms with Gasteiger partial charge in [0.2, 0.25) is 0 Å². The smallest absolute Gasteiger partial charge is 0.134 e. The molecule has 106 valence electrons. The largest absolute Gasteiger partial charge is 0.370 e. The van der Waals surface area contributed by atoms with Crippen molar-refractivity contribution in [2.75, 3.05) is 35.3 Å². The third-order valence-corrected chi connectivity index (χ3v) is 4.59. The average molecular weight is 280 g/mol. The molecule has 1 aromatic heterocycles. The number of aryl methyl sites for hydroxylation is 1. The highest BCUT2D eigenvalue weighted by Gasteiger charge is 2.21. The highest BCUT2D eigenvalue weighted by atomic mass is 32.2. The summed E-state index contributed by atoms with van der Waals surface area (Å²) < 4.78 is 0. The van der Waals surface area contributed by atoms with Crippen LogP contribution >= 0.6 is 11.8 Å². The molecule has 2 heterocycles. The lowest BCUT2D eigenvalue weighted by Crippen LogP contribution is -2.32. The fourth-order valence-corrected chi connectivity index (χ4v) is 3.45. The van der Waals surface area contributed by atoms with Gasteiger partial charge in [0.25, 0.3) is 0 Å². The van der Waals surface area contributed by atoms with Crippen LogP contribution in [0.15, 0.2) is 6.07 Å². The quantitative estimate of drug-likeness (QED) is 0.868. The first kappa shape index (κ1) is 14.4. The van der Waals surface area contributed by atoms with E-state index in [-0.39, 0.29) is 0 Å². The van der Waals surface area contributed by atoms with Crippen LogP contribution in [-0.2, 0) is 6.42 Å². The second kappa shape index (κ2) is 6.98. The molecule has 1 saturated heterocycles. The lowest BCUT2D eigenvalue weighted by Gasteiger charge is -2.25. The summed E-state index contributed by atoms with van der Waals surface area (Å²) in [5, 5.41) is 3.37. The molecule has 4 nitrogen and oxygen atoms in total. The zero-order valence-corrected chi connectivity index (χ0v) is 13.0. The number of nitrogens with zero attached hydrogens (tertiary/aromatic N) is 3. The Bertz CT molecular complexity index is 404. The number of rotatable bonds is 6. The van der Waals surface area contributed by atoms with E-state index in [1.807, 2.05) is 11.8 Å². The second-order valence-electron chi connectivity index (χ2n) is 4.94. The number of aromatic nitrogens is 2. The molecule has 1 aliphatic heterocycles. The third-order valence-electron chi connectivity index (χ3n) is 3.45. The predicted octanol–water partition coefficient (Wildman–Crippen LogP) is 2.80. The van der Waals surface area contributed by atoms with Gasteiger partial charge in [-0.2, -0.15) is 11.8 Å². The van der Waals surface area contributed by atoms with Crippen molar-refractivity contribution in [3.05, 3.63) is 11.9 Å². The van der Waals surface area contributed by atoms with Gasteiger partial charge in [0.05, 0.1) is 0 Å². The Kier molecular flexibility index (Phi) is 5.31. The molecule has 0 radical (unpaired) electrons. The Balaban J connectivity index is 2.17. The average Bonchev–Trinajstić information content (AvgIpc) is 2.98. The van der Waals surface area contributed by atoms with Crippen molar-refractivity contribution >= 4 is 23.4 Å². The van der Waals surface area contributed by atoms with Crippen molar-refractivity contribution in [3.63, 3.8) is 0 Å². The minimum atomic E-state index is 0.614. The fraction of sp³-hybridized carbons (Fsp3) is 0.714. The lowest BCUT2D eigenvalue weighted by molar-refractivity contribution is 0.687. The van der Waals surface area contributed by atoms with Crippen molar-refractivity contribution in [2.45, 2.75) is 39.2 Å². The van der Waals surface area contributed by atoms with Gasteiger partial charge in [0.1, 0.15) is 17.5 Å². The molecule has 0 amide bonds. The van der Waals surface area contributed by atoms with Crippen LogP contribution in [0.4, 0.5) is 11.6 Å². The Morgan fingerprint density at radius 1 is 1.42 bits per heavy atom. The number of anilines is 2. The summed E-state index contributed by atoms with van der Waals surface area (Å²) in [4.78, 5) is 11.5. The van der Waals surface area contributed by atoms with Crippen LogP contribution < -0.4 is 10.2 Å². The zero-order chi connectivity index (χ0) is 13.7. The maximum absolute atomic E-state index is 4.67. The number of hydrogen-bond donors (Lipinski definition) is 1. The molecule has 0 spiro atoms. The first-order valence-corrected chi connectivity index (χ1v) is 8.32. The van der Waals surface area contributed by atoms with Crippen LogP contribution in [-0.4, -0.2) is 41.1 Å². The van der Waals surface area contributed by atoms with E-state index in [0.717, 1.165) is 36.8 Å². The maximum Gasteiger partial charge on any atom is 0.134 e. The van der Waals surface area contributed by atoms with Crippen LogP contribution in [0.3, 0.4) is 0 Å². The summed E-state index contributed by atoms with van der Waals surface area (Å²) in [6, 6.07) is 2.70. The van der Waals surface area contributed by atoms with Crippen molar-refractivity contribution in [2.24, 2.45) is 0 Å². The van der Waals surface area contributed by atoms with E-state index in [4.69, 9.17) is 0 Å². The lowest BCUT2D eigenvalue weighted by atomic mass is 10.2. The van der Waals surface area contributed by atoms with Crippen LogP contribution in [0.1, 0.15) is 32.5 Å². The summed E-state index contributed by atoms with van der Waals surface area (Å²) in [7, 11) is 2.15. The minimum absolute atomic E-state index is 0.614. The molecule has 1 aromatic rings. The molecule has 19 heavy (non-hydrogen) atoms. The molecule has 0 aliphatic carbocycles. The van der Waals surface area contributed by atoms with Crippen LogP contribution in [0.25, 0.3) is 0 Å². The van der Waals surface area contributed by atoms with Gasteiger partial charge in [-0.05, 0) is 18.6 Å². The first-order chi connectivity index (χ1) is 9.24. The van der Waals surface area contributed by atoms with Crippen molar-refractivity contribution in [3.8, 4) is 0 Å². The molecule has 5 heteroatoms. The molecule has 2 rings (SSSR count). The number of nitrogens with one attached hydrogen (secondary N) is 1. The molecule has 1 fully saturated rings. The Labute approximate surface area is 120 Å². The third kappa shape index (κ3) is 3.75.